The summed E-state index contributed by atoms with van der Waals surface area (Å²) in [7, 11) is 1.43. The van der Waals surface area contributed by atoms with Crippen LogP contribution >= 0.6 is 0 Å². The Balaban J connectivity index is 2.42. The fourth-order valence-electron chi connectivity index (χ4n) is 1.18. The highest BCUT2D eigenvalue weighted by Crippen LogP contribution is 2.11. The van der Waals surface area contributed by atoms with Gasteiger partial charge >= 0.3 is 5.97 Å². The normalized spacial score (nSPS) is 9.76. The molecule has 1 N–H and O–H groups in total. The molecule has 0 radical (unpaired) electrons. The van der Waals surface area contributed by atoms with Crippen LogP contribution in [-0.4, -0.2) is 42.1 Å². The van der Waals surface area contributed by atoms with Crippen LogP contribution in [0.4, 0.5) is 0 Å². The Kier molecular flexibility index (Phi) is 4.51. The Morgan fingerprint density at radius 2 is 1.88 bits per heavy atom. The van der Waals surface area contributed by atoms with Gasteiger partial charge in [-0.15, -0.1) is 0 Å². The lowest BCUT2D eigenvalue weighted by molar-refractivity contribution is -0.144. The van der Waals surface area contributed by atoms with Crippen LogP contribution in [0.5, 0.6) is 5.75 Å². The predicted octanol–water partition coefficient (Wildman–Crippen LogP) is 0.917. The number of carbonyl (C=O) groups excluding carboxylic acids is 1. The highest BCUT2D eigenvalue weighted by Gasteiger charge is 2.12. The predicted molar refractivity (Wildman–Crippen MR) is 61.9 cm³/mol. The summed E-state index contributed by atoms with van der Waals surface area (Å²) in [6.07, 6.45) is 0. The Morgan fingerprint density at radius 1 is 1.29 bits per heavy atom. The number of hydrogen-bond acceptors (Lipinski definition) is 3. The van der Waals surface area contributed by atoms with E-state index in [4.69, 9.17) is 9.84 Å². The van der Waals surface area contributed by atoms with Gasteiger partial charge in [-0.2, -0.15) is 0 Å². The molecule has 5 heteroatoms. The van der Waals surface area contributed by atoms with Gasteiger partial charge in [0.05, 0.1) is 0 Å². The van der Waals surface area contributed by atoms with E-state index in [1.165, 1.54) is 7.05 Å². The lowest BCUT2D eigenvalue weighted by Gasteiger charge is -2.14. The third-order valence-electron chi connectivity index (χ3n) is 2.18. The number of likely N-dealkylation sites (N-methyl/N-ethyl adjacent to an activating group) is 1. The summed E-state index contributed by atoms with van der Waals surface area (Å²) in [5.41, 5.74) is 1.10. The third kappa shape index (κ3) is 4.55. The molecule has 0 atom stereocenters. The Hall–Kier alpha value is -2.04. The molecule has 5 nitrogen and oxygen atoms in total. The van der Waals surface area contributed by atoms with Crippen molar-refractivity contribution >= 4 is 11.9 Å². The maximum Gasteiger partial charge on any atom is 0.323 e. The van der Waals surface area contributed by atoms with Crippen molar-refractivity contribution in [3.05, 3.63) is 29.8 Å². The number of hydrogen-bond donors (Lipinski definition) is 1. The lowest BCUT2D eigenvalue weighted by atomic mass is 10.2. The second-order valence-electron chi connectivity index (χ2n) is 3.75. The van der Waals surface area contributed by atoms with Crippen molar-refractivity contribution in [1.82, 2.24) is 4.90 Å². The SMILES string of the molecule is Cc1ccc(OCC(=O)N(C)CC(=O)O)cc1. The summed E-state index contributed by atoms with van der Waals surface area (Å²) in [4.78, 5) is 23.0. The molecule has 0 aliphatic carbocycles. The van der Waals surface area contributed by atoms with E-state index in [-0.39, 0.29) is 19.1 Å². The minimum Gasteiger partial charge on any atom is -0.484 e. The zero-order valence-corrected chi connectivity index (χ0v) is 9.84. The summed E-state index contributed by atoms with van der Waals surface area (Å²) in [6.45, 7) is 1.47. The van der Waals surface area contributed by atoms with E-state index >= 15 is 0 Å². The minimum absolute atomic E-state index is 0.160. The van der Waals surface area contributed by atoms with E-state index < -0.39 is 5.97 Å². The molecule has 0 heterocycles. The maximum absolute atomic E-state index is 11.5. The number of ether oxygens (including phenoxy) is 1. The molecule has 0 bridgehead atoms. The highest BCUT2D eigenvalue weighted by molar-refractivity contribution is 5.82. The number of amides is 1. The number of carboxylic acid groups (broad SMARTS) is 1. The first-order chi connectivity index (χ1) is 7.99. The van der Waals surface area contributed by atoms with E-state index in [2.05, 4.69) is 0 Å². The average molecular weight is 237 g/mol. The van der Waals surface area contributed by atoms with E-state index in [0.717, 1.165) is 10.5 Å². The molecule has 0 aliphatic rings. The fourth-order valence-corrected chi connectivity index (χ4v) is 1.18. The molecule has 1 aromatic carbocycles. The smallest absolute Gasteiger partial charge is 0.323 e. The van der Waals surface area contributed by atoms with Gasteiger partial charge in [0.15, 0.2) is 6.61 Å². The molecule has 0 spiro atoms. The monoisotopic (exact) mass is 237 g/mol. The van der Waals surface area contributed by atoms with E-state index in [9.17, 15) is 9.59 Å². The molecular weight excluding hydrogens is 222 g/mol. The van der Waals surface area contributed by atoms with Gasteiger partial charge in [-0.3, -0.25) is 9.59 Å². The zero-order valence-electron chi connectivity index (χ0n) is 9.84. The second kappa shape index (κ2) is 5.89. The number of carboxylic acids is 1. The number of aliphatic carboxylic acids is 1. The van der Waals surface area contributed by atoms with Crippen molar-refractivity contribution < 1.29 is 19.4 Å². The van der Waals surface area contributed by atoms with E-state index in [1.807, 2.05) is 19.1 Å². The Labute approximate surface area is 99.6 Å². The van der Waals surface area contributed by atoms with Crippen LogP contribution in [0, 0.1) is 6.92 Å². The van der Waals surface area contributed by atoms with Crippen molar-refractivity contribution in [2.75, 3.05) is 20.2 Å². The van der Waals surface area contributed by atoms with Crippen molar-refractivity contribution in [3.63, 3.8) is 0 Å². The number of nitrogens with zero attached hydrogens (tertiary/aromatic N) is 1. The molecule has 0 aromatic heterocycles. The third-order valence-corrected chi connectivity index (χ3v) is 2.18. The van der Waals surface area contributed by atoms with Crippen LogP contribution in [0.15, 0.2) is 24.3 Å². The molecule has 0 saturated carbocycles. The van der Waals surface area contributed by atoms with Crippen LogP contribution in [-0.2, 0) is 9.59 Å². The van der Waals surface area contributed by atoms with Crippen molar-refractivity contribution in [2.24, 2.45) is 0 Å². The summed E-state index contributed by atoms with van der Waals surface area (Å²) in [6, 6.07) is 7.28. The first-order valence-corrected chi connectivity index (χ1v) is 5.14. The van der Waals surface area contributed by atoms with Crippen molar-refractivity contribution in [1.29, 1.82) is 0 Å². The summed E-state index contributed by atoms with van der Waals surface area (Å²) in [5, 5.41) is 8.51. The molecule has 1 rings (SSSR count). The summed E-state index contributed by atoms with van der Waals surface area (Å²) >= 11 is 0. The number of benzene rings is 1. The molecule has 0 unspecified atom stereocenters. The van der Waals surface area contributed by atoms with Crippen LogP contribution in [0.2, 0.25) is 0 Å². The van der Waals surface area contributed by atoms with Gasteiger partial charge in [0.2, 0.25) is 0 Å². The largest absolute Gasteiger partial charge is 0.484 e. The maximum atomic E-state index is 11.5. The van der Waals surface area contributed by atoms with Crippen molar-refractivity contribution in [3.8, 4) is 5.75 Å². The van der Waals surface area contributed by atoms with Crippen LogP contribution in [0.1, 0.15) is 5.56 Å². The van der Waals surface area contributed by atoms with Gasteiger partial charge in [-0.25, -0.2) is 0 Å². The number of carbonyl (C=O) groups is 2. The number of rotatable bonds is 5. The van der Waals surface area contributed by atoms with Crippen LogP contribution in [0.25, 0.3) is 0 Å². The van der Waals surface area contributed by atoms with Crippen LogP contribution < -0.4 is 4.74 Å². The van der Waals surface area contributed by atoms with Gasteiger partial charge in [0.1, 0.15) is 12.3 Å². The molecule has 92 valence electrons. The van der Waals surface area contributed by atoms with Gasteiger partial charge in [-0.1, -0.05) is 17.7 Å². The highest BCUT2D eigenvalue weighted by atomic mass is 16.5. The molecule has 17 heavy (non-hydrogen) atoms. The lowest BCUT2D eigenvalue weighted by Crippen LogP contribution is -2.35. The zero-order chi connectivity index (χ0) is 12.8. The van der Waals surface area contributed by atoms with Gasteiger partial charge < -0.3 is 14.7 Å². The quantitative estimate of drug-likeness (QED) is 0.826. The minimum atomic E-state index is -1.05. The molecule has 1 aromatic rings. The first kappa shape index (κ1) is 13.0. The first-order valence-electron chi connectivity index (χ1n) is 5.14. The fraction of sp³-hybridized carbons (Fsp3) is 0.333. The summed E-state index contributed by atoms with van der Waals surface area (Å²) in [5.74, 6) is -0.822. The standard InChI is InChI=1S/C12H15NO4/c1-9-3-5-10(6-4-9)17-8-11(14)13(2)7-12(15)16/h3-6H,7-8H2,1-2H3,(H,15,16). The van der Waals surface area contributed by atoms with E-state index in [1.54, 1.807) is 12.1 Å². The van der Waals surface area contributed by atoms with E-state index in [0.29, 0.717) is 5.75 Å². The Bertz CT molecular complexity index is 399. The van der Waals surface area contributed by atoms with Gasteiger partial charge in [0, 0.05) is 7.05 Å². The average Bonchev–Trinajstić information content (AvgIpc) is 2.27. The molecule has 1 amide bonds. The van der Waals surface area contributed by atoms with Gasteiger partial charge in [-0.05, 0) is 19.1 Å². The van der Waals surface area contributed by atoms with Crippen molar-refractivity contribution in [2.45, 2.75) is 6.92 Å². The topological polar surface area (TPSA) is 66.8 Å². The molecule has 0 saturated heterocycles. The van der Waals surface area contributed by atoms with Crippen LogP contribution in [0.3, 0.4) is 0 Å². The number of aryl methyl sites for hydroxylation is 1. The summed E-state index contributed by atoms with van der Waals surface area (Å²) < 4.78 is 5.24. The second-order valence-corrected chi connectivity index (χ2v) is 3.75. The van der Waals surface area contributed by atoms with Gasteiger partial charge in [0.25, 0.3) is 5.91 Å². The molecular formula is C12H15NO4. The molecule has 0 aliphatic heterocycles. The Morgan fingerprint density at radius 3 is 2.41 bits per heavy atom. The molecule has 0 fully saturated rings.